The van der Waals surface area contributed by atoms with Crippen molar-refractivity contribution in [3.63, 3.8) is 0 Å². The minimum Gasteiger partial charge on any atom is -0.294 e. The molecule has 0 atom stereocenters. The molecule has 0 saturated heterocycles. The van der Waals surface area contributed by atoms with Gasteiger partial charge in [-0.15, -0.1) is 0 Å². The molecule has 4 aromatic carbocycles. The highest BCUT2D eigenvalue weighted by molar-refractivity contribution is 9.09. The number of alkyl halides is 1. The lowest BCUT2D eigenvalue weighted by molar-refractivity contribution is 0.101. The Bertz CT molecular complexity index is 1430. The van der Waals surface area contributed by atoms with Crippen molar-refractivity contribution in [2.45, 2.75) is 61.1 Å². The summed E-state index contributed by atoms with van der Waals surface area (Å²) in [5.41, 5.74) is 5.90. The van der Waals surface area contributed by atoms with Crippen LogP contribution in [0.4, 0.5) is 0 Å². The highest BCUT2D eigenvalue weighted by Gasteiger charge is 2.13. The maximum Gasteiger partial charge on any atom is 0.173 e. The molecule has 4 rings (SSSR count). The van der Waals surface area contributed by atoms with Gasteiger partial charge in [-0.1, -0.05) is 75.9 Å². The van der Waals surface area contributed by atoms with E-state index in [4.69, 9.17) is 5.26 Å². The molecule has 0 spiro atoms. The molecule has 0 saturated carbocycles. The third-order valence-corrected chi connectivity index (χ3v) is 8.19. The number of hydrogen-bond acceptors (Lipinski definition) is 5. The van der Waals surface area contributed by atoms with Gasteiger partial charge in [0.05, 0.1) is 11.4 Å². The van der Waals surface area contributed by atoms with Crippen LogP contribution in [0.15, 0.2) is 105 Å². The van der Waals surface area contributed by atoms with Crippen LogP contribution in [0.5, 0.6) is 0 Å². The van der Waals surface area contributed by atoms with Crippen molar-refractivity contribution in [1.29, 1.82) is 5.26 Å². The number of carbonyl (C=O) groups is 2. The van der Waals surface area contributed by atoms with Gasteiger partial charge in [0, 0.05) is 37.6 Å². The first-order valence-electron chi connectivity index (χ1n) is 12.7. The van der Waals surface area contributed by atoms with E-state index in [1.165, 1.54) is 26.5 Å². The molecule has 40 heavy (non-hydrogen) atoms. The molecule has 0 heterocycles. The molecule has 0 aliphatic heterocycles. The summed E-state index contributed by atoms with van der Waals surface area (Å²) in [6.07, 6.45) is 0. The van der Waals surface area contributed by atoms with Crippen LogP contribution in [0.3, 0.4) is 0 Å². The zero-order valence-corrected chi connectivity index (χ0v) is 27.0. The van der Waals surface area contributed by atoms with Crippen molar-refractivity contribution in [2.24, 2.45) is 0 Å². The number of ketones is 2. The van der Waals surface area contributed by atoms with Crippen molar-refractivity contribution in [2.75, 3.05) is 5.33 Å². The van der Waals surface area contributed by atoms with Crippen LogP contribution < -0.4 is 0 Å². The van der Waals surface area contributed by atoms with Crippen molar-refractivity contribution in [3.05, 3.63) is 118 Å². The summed E-state index contributed by atoms with van der Waals surface area (Å²) in [5, 5.41) is 7.69. The Morgan fingerprint density at radius 2 is 1.00 bits per heavy atom. The zero-order chi connectivity index (χ0) is 29.7. The minimum absolute atomic E-state index is 0.140. The normalized spacial score (nSPS) is 9.85. The Kier molecular flexibility index (Phi) is 14.0. The van der Waals surface area contributed by atoms with E-state index in [0.717, 1.165) is 33.4 Å². The van der Waals surface area contributed by atoms with Gasteiger partial charge >= 0.3 is 0 Å². The first-order valence-corrected chi connectivity index (χ1v) is 15.5. The fourth-order valence-electron chi connectivity index (χ4n) is 4.28. The Hall–Kier alpha value is -3.11. The van der Waals surface area contributed by atoms with Gasteiger partial charge in [-0.05, 0) is 105 Å². The molecule has 0 aromatic heterocycles. The molecule has 0 unspecified atom stereocenters. The monoisotopic (exact) mass is 631 g/mol. The highest BCUT2D eigenvalue weighted by Crippen LogP contribution is 2.32. The second kappa shape index (κ2) is 16.9. The lowest BCUT2D eigenvalue weighted by Crippen LogP contribution is -2.05. The lowest BCUT2D eigenvalue weighted by atomic mass is 10.00. The Balaban J connectivity index is 0.000000256. The topological polar surface area (TPSA) is 57.9 Å². The first kappa shape index (κ1) is 33.1. The van der Waals surface area contributed by atoms with Crippen LogP contribution in [-0.2, 0) is 0 Å². The van der Waals surface area contributed by atoms with E-state index in [-0.39, 0.29) is 11.6 Å². The standard InChI is InChI=1S/C16H15BrOS.C16H16OS.C2H3N/c1-11-8-14(19-13-6-4-3-5-7-13)9-12(2)16(11)15(18)10-17;1-11-9-15(10-12(2)16(11)13(3)17)18-14-7-5-4-6-8-14;1-2-3/h3-9H,10H2,1-2H3;4-10H,1-3H3;1H3. The van der Waals surface area contributed by atoms with E-state index >= 15 is 0 Å². The third-order valence-electron chi connectivity index (χ3n) is 5.72. The molecule has 0 bridgehead atoms. The van der Waals surface area contributed by atoms with Gasteiger partial charge in [0.15, 0.2) is 11.6 Å². The number of rotatable bonds is 7. The summed E-state index contributed by atoms with van der Waals surface area (Å²) in [5.74, 6) is 0.285. The number of hydrogen-bond donors (Lipinski definition) is 0. The van der Waals surface area contributed by atoms with Crippen molar-refractivity contribution in [3.8, 4) is 6.07 Å². The number of Topliss-reactive ketones (excluding diaryl/α,β-unsaturated/α-hetero) is 2. The summed E-state index contributed by atoms with van der Waals surface area (Å²) < 4.78 is 0. The van der Waals surface area contributed by atoms with Gasteiger partial charge in [0.25, 0.3) is 0 Å². The van der Waals surface area contributed by atoms with Gasteiger partial charge < -0.3 is 0 Å². The maximum atomic E-state index is 11.9. The predicted octanol–water partition coefficient (Wildman–Crippen LogP) is 10.2. The van der Waals surface area contributed by atoms with Crippen LogP contribution in [0.25, 0.3) is 0 Å². The van der Waals surface area contributed by atoms with Crippen LogP contribution in [0, 0.1) is 39.0 Å². The van der Waals surface area contributed by atoms with Crippen molar-refractivity contribution < 1.29 is 9.59 Å². The number of nitrogens with zero attached hydrogens (tertiary/aromatic N) is 1. The molecule has 0 radical (unpaired) electrons. The van der Waals surface area contributed by atoms with E-state index in [2.05, 4.69) is 64.5 Å². The van der Waals surface area contributed by atoms with Crippen molar-refractivity contribution >= 4 is 51.0 Å². The molecular formula is C34H34BrNO2S2. The van der Waals surface area contributed by atoms with Crippen LogP contribution in [0.2, 0.25) is 0 Å². The number of nitriles is 1. The second-order valence-electron chi connectivity index (χ2n) is 9.03. The lowest BCUT2D eigenvalue weighted by Gasteiger charge is -2.10. The summed E-state index contributed by atoms with van der Waals surface area (Å²) in [6, 6.07) is 30.6. The fourth-order valence-corrected chi connectivity index (χ4v) is 6.63. The quantitative estimate of drug-likeness (QED) is 0.150. The SMILES string of the molecule is CC#N.CC(=O)c1c(C)cc(Sc2ccccc2)cc1C.Cc1cc(Sc2ccccc2)cc(C)c1C(=O)CBr. The van der Waals surface area contributed by atoms with Crippen LogP contribution in [0.1, 0.15) is 56.8 Å². The number of aryl methyl sites for hydroxylation is 4. The summed E-state index contributed by atoms with van der Waals surface area (Å²) in [4.78, 5) is 28.2. The molecule has 0 aliphatic rings. The summed E-state index contributed by atoms with van der Waals surface area (Å²) in [6.45, 7) is 11.0. The number of halogens is 1. The Labute approximate surface area is 255 Å². The first-order chi connectivity index (χ1) is 19.1. The van der Waals surface area contributed by atoms with Crippen LogP contribution >= 0.6 is 39.5 Å². The Morgan fingerprint density at radius 3 is 1.30 bits per heavy atom. The minimum atomic E-state index is 0.140. The molecule has 0 amide bonds. The average Bonchev–Trinajstić information content (AvgIpc) is 2.89. The molecule has 6 heteroatoms. The zero-order valence-electron chi connectivity index (χ0n) is 23.7. The molecule has 3 nitrogen and oxygen atoms in total. The average molecular weight is 633 g/mol. The molecule has 206 valence electrons. The molecule has 4 aromatic rings. The number of benzene rings is 4. The third kappa shape index (κ3) is 10.1. The van der Waals surface area contributed by atoms with Gasteiger partial charge in [-0.2, -0.15) is 5.26 Å². The highest BCUT2D eigenvalue weighted by atomic mass is 79.9. The van der Waals surface area contributed by atoms with E-state index in [1.54, 1.807) is 36.5 Å². The summed E-state index contributed by atoms with van der Waals surface area (Å²) in [7, 11) is 0. The second-order valence-corrected chi connectivity index (χ2v) is 11.9. The fraction of sp³-hybridized carbons (Fsp3) is 0.206. The summed E-state index contributed by atoms with van der Waals surface area (Å²) >= 11 is 6.68. The van der Waals surface area contributed by atoms with Gasteiger partial charge in [0.1, 0.15) is 0 Å². The van der Waals surface area contributed by atoms with Gasteiger partial charge in [-0.3, -0.25) is 9.59 Å². The number of carbonyl (C=O) groups excluding carboxylic acids is 2. The van der Waals surface area contributed by atoms with Crippen LogP contribution in [-0.4, -0.2) is 16.9 Å². The van der Waals surface area contributed by atoms with E-state index in [9.17, 15) is 9.59 Å². The van der Waals surface area contributed by atoms with Gasteiger partial charge in [-0.25, -0.2) is 0 Å². The van der Waals surface area contributed by atoms with Crippen molar-refractivity contribution in [1.82, 2.24) is 0 Å². The molecular weight excluding hydrogens is 598 g/mol. The smallest absolute Gasteiger partial charge is 0.173 e. The van der Waals surface area contributed by atoms with E-state index < -0.39 is 0 Å². The van der Waals surface area contributed by atoms with E-state index in [1.807, 2.05) is 64.1 Å². The largest absolute Gasteiger partial charge is 0.294 e. The van der Waals surface area contributed by atoms with Gasteiger partial charge in [0.2, 0.25) is 0 Å². The van der Waals surface area contributed by atoms with E-state index in [0.29, 0.717) is 5.33 Å². The molecule has 0 aliphatic carbocycles. The molecule has 0 fully saturated rings. The predicted molar refractivity (Wildman–Crippen MR) is 172 cm³/mol. The molecule has 0 N–H and O–H groups in total. The maximum absolute atomic E-state index is 11.9. The Morgan fingerprint density at radius 1 is 0.675 bits per heavy atom.